The Bertz CT molecular complexity index is 1600. The lowest BCUT2D eigenvalue weighted by Gasteiger charge is -2.34. The number of alkyl halides is 1. The normalized spacial score (nSPS) is 28.0. The topological polar surface area (TPSA) is 86.6 Å². The Morgan fingerprint density at radius 1 is 1.05 bits per heavy atom. The van der Waals surface area contributed by atoms with Crippen LogP contribution in [0.15, 0.2) is 48.7 Å². The molecule has 0 saturated carbocycles. The van der Waals surface area contributed by atoms with Crippen molar-refractivity contribution in [2.75, 3.05) is 37.7 Å². The molecular formula is C31H33FN6O2. The average Bonchev–Trinajstić information content (AvgIpc) is 3.60. The van der Waals surface area contributed by atoms with E-state index in [9.17, 15) is 9.50 Å². The van der Waals surface area contributed by atoms with Gasteiger partial charge in [-0.05, 0) is 55.1 Å². The number of fused-ring (bicyclic) bond motifs is 5. The van der Waals surface area contributed by atoms with E-state index in [0.717, 1.165) is 65.5 Å². The van der Waals surface area contributed by atoms with Crippen LogP contribution in [0, 0.1) is 0 Å². The molecule has 4 atom stereocenters. The quantitative estimate of drug-likeness (QED) is 0.384. The summed E-state index contributed by atoms with van der Waals surface area (Å²) in [5.74, 6) is 2.08. The van der Waals surface area contributed by atoms with Crippen molar-refractivity contribution in [3.05, 3.63) is 48.7 Å². The van der Waals surface area contributed by atoms with E-state index >= 15 is 0 Å². The Balaban J connectivity index is 1.21. The van der Waals surface area contributed by atoms with Crippen LogP contribution in [-0.4, -0.2) is 81.5 Å². The van der Waals surface area contributed by atoms with Crippen LogP contribution < -0.4 is 15.0 Å². The van der Waals surface area contributed by atoms with Gasteiger partial charge in [0.1, 0.15) is 24.3 Å². The summed E-state index contributed by atoms with van der Waals surface area (Å²) in [4.78, 5) is 19.4. The first kappa shape index (κ1) is 24.3. The molecule has 0 radical (unpaired) electrons. The van der Waals surface area contributed by atoms with Crippen LogP contribution in [-0.2, 0) is 0 Å². The Hall–Kier alpha value is -3.56. The number of phenols is 1. The fourth-order valence-corrected chi connectivity index (χ4v) is 7.54. The minimum absolute atomic E-state index is 0.177. The average molecular weight is 541 g/mol. The minimum atomic E-state index is -0.798. The molecule has 4 saturated heterocycles. The summed E-state index contributed by atoms with van der Waals surface area (Å²) in [6.45, 7) is 3.60. The molecule has 4 aliphatic heterocycles. The molecule has 8 nitrogen and oxygen atoms in total. The molecule has 0 amide bonds. The fourth-order valence-electron chi connectivity index (χ4n) is 7.54. The number of nitrogens with one attached hydrogen (secondary N) is 1. The maximum Gasteiger partial charge on any atom is 0.217 e. The molecule has 40 heavy (non-hydrogen) atoms. The van der Waals surface area contributed by atoms with Crippen molar-refractivity contribution in [3.8, 4) is 23.0 Å². The molecular weight excluding hydrogens is 507 g/mol. The smallest absolute Gasteiger partial charge is 0.217 e. The largest absolute Gasteiger partial charge is 0.508 e. The lowest BCUT2D eigenvalue weighted by molar-refractivity contribution is 0.111. The Labute approximate surface area is 232 Å². The van der Waals surface area contributed by atoms with Crippen LogP contribution in [0.4, 0.5) is 10.2 Å². The van der Waals surface area contributed by atoms with Gasteiger partial charge in [-0.1, -0.05) is 24.3 Å². The van der Waals surface area contributed by atoms with E-state index in [4.69, 9.17) is 19.7 Å². The number of hydrogen-bond donors (Lipinski definition) is 2. The number of hydrogen-bond acceptors (Lipinski definition) is 8. The molecule has 4 fully saturated rings. The number of phenolic OH excluding ortho intramolecular Hbond substituents is 1. The third-order valence-electron chi connectivity index (χ3n) is 9.39. The van der Waals surface area contributed by atoms with Crippen LogP contribution >= 0.6 is 0 Å². The van der Waals surface area contributed by atoms with Gasteiger partial charge in [0.2, 0.25) is 5.88 Å². The van der Waals surface area contributed by atoms with E-state index in [1.807, 2.05) is 36.5 Å². The van der Waals surface area contributed by atoms with Gasteiger partial charge in [-0.2, -0.15) is 4.98 Å². The van der Waals surface area contributed by atoms with Gasteiger partial charge >= 0.3 is 0 Å². The molecule has 0 aliphatic carbocycles. The highest BCUT2D eigenvalue weighted by Gasteiger charge is 2.49. The SMILES string of the molecule is Oc1cc(-c2ncc3c(N4CC5CCC(C4)N5)nc(OC[C@@]45CCCN4C[C@H](F)C5)cc3n2)c2ccccc2c1. The number of pyridine rings is 1. The summed E-state index contributed by atoms with van der Waals surface area (Å²) in [6, 6.07) is 14.2. The molecule has 2 aromatic carbocycles. The van der Waals surface area contributed by atoms with E-state index in [2.05, 4.69) is 15.1 Å². The van der Waals surface area contributed by atoms with Gasteiger partial charge in [0.25, 0.3) is 0 Å². The number of rotatable bonds is 5. The van der Waals surface area contributed by atoms with Crippen LogP contribution in [0.1, 0.15) is 32.1 Å². The zero-order chi connectivity index (χ0) is 26.8. The number of aromatic hydroxyl groups is 1. The number of nitrogens with zero attached hydrogens (tertiary/aromatic N) is 5. The van der Waals surface area contributed by atoms with Crippen molar-refractivity contribution < 1.29 is 14.2 Å². The van der Waals surface area contributed by atoms with Gasteiger partial charge in [0, 0.05) is 56.0 Å². The van der Waals surface area contributed by atoms with Gasteiger partial charge in [-0.3, -0.25) is 4.90 Å². The van der Waals surface area contributed by atoms with Gasteiger partial charge < -0.3 is 20.1 Å². The molecule has 2 N–H and O–H groups in total. The van der Waals surface area contributed by atoms with E-state index in [1.165, 1.54) is 12.8 Å². The minimum Gasteiger partial charge on any atom is -0.508 e. The number of anilines is 1. The number of ether oxygens (including phenoxy) is 1. The molecule has 2 bridgehead atoms. The van der Waals surface area contributed by atoms with Gasteiger partial charge in [0.15, 0.2) is 5.82 Å². The maximum atomic E-state index is 14.4. The van der Waals surface area contributed by atoms with Crippen molar-refractivity contribution in [2.24, 2.45) is 0 Å². The summed E-state index contributed by atoms with van der Waals surface area (Å²) >= 11 is 0. The molecule has 2 unspecified atom stereocenters. The molecule has 8 rings (SSSR count). The van der Waals surface area contributed by atoms with E-state index in [1.54, 1.807) is 12.1 Å². The Morgan fingerprint density at radius 3 is 2.77 bits per heavy atom. The predicted octanol–water partition coefficient (Wildman–Crippen LogP) is 4.45. The Kier molecular flexibility index (Phi) is 5.60. The highest BCUT2D eigenvalue weighted by molar-refractivity contribution is 5.98. The lowest BCUT2D eigenvalue weighted by atomic mass is 9.95. The molecule has 0 spiro atoms. The number of aromatic nitrogens is 3. The van der Waals surface area contributed by atoms with E-state index in [0.29, 0.717) is 43.4 Å². The van der Waals surface area contributed by atoms with Crippen molar-refractivity contribution in [1.29, 1.82) is 0 Å². The lowest BCUT2D eigenvalue weighted by Crippen LogP contribution is -2.51. The standard InChI is InChI=1S/C31H33FN6O2/c32-20-13-31(8-3-9-38(31)15-20)18-40-28-12-27-26(30(36-28)37-16-21-6-7-22(17-37)34-21)14-33-29(35-27)25-11-23(39)10-19-4-1-2-5-24(19)25/h1-2,4-5,10-12,14,20-22,34,39H,3,6-9,13,15-18H2/t20-,21?,22?,31+/m1/s1. The van der Waals surface area contributed by atoms with Gasteiger partial charge in [0.05, 0.1) is 16.4 Å². The molecule has 4 aliphatic rings. The maximum absolute atomic E-state index is 14.4. The first-order chi connectivity index (χ1) is 19.5. The molecule has 2 aromatic heterocycles. The van der Waals surface area contributed by atoms with Crippen molar-refractivity contribution in [2.45, 2.75) is 55.9 Å². The molecule has 6 heterocycles. The molecule has 4 aromatic rings. The second kappa shape index (κ2) is 9.24. The third-order valence-corrected chi connectivity index (χ3v) is 9.39. The second-order valence-corrected chi connectivity index (χ2v) is 12.0. The van der Waals surface area contributed by atoms with E-state index < -0.39 is 6.17 Å². The first-order valence-electron chi connectivity index (χ1n) is 14.5. The zero-order valence-electron chi connectivity index (χ0n) is 22.4. The summed E-state index contributed by atoms with van der Waals surface area (Å²) in [7, 11) is 0. The zero-order valence-corrected chi connectivity index (χ0v) is 22.4. The first-order valence-corrected chi connectivity index (χ1v) is 14.5. The summed E-state index contributed by atoms with van der Waals surface area (Å²) < 4.78 is 20.8. The molecule has 206 valence electrons. The summed E-state index contributed by atoms with van der Waals surface area (Å²) in [5.41, 5.74) is 1.28. The number of halogens is 1. The highest BCUT2D eigenvalue weighted by Crippen LogP contribution is 2.41. The van der Waals surface area contributed by atoms with Crippen molar-refractivity contribution in [3.63, 3.8) is 0 Å². The summed E-state index contributed by atoms with van der Waals surface area (Å²) in [6.07, 6.45) is 5.94. The van der Waals surface area contributed by atoms with Crippen molar-refractivity contribution in [1.82, 2.24) is 25.2 Å². The van der Waals surface area contributed by atoms with Crippen LogP contribution in [0.2, 0.25) is 0 Å². The fraction of sp³-hybridized carbons (Fsp3) is 0.452. The van der Waals surface area contributed by atoms with Crippen molar-refractivity contribution >= 4 is 27.5 Å². The Morgan fingerprint density at radius 2 is 1.90 bits per heavy atom. The van der Waals surface area contributed by atoms with Gasteiger partial charge in [-0.15, -0.1) is 0 Å². The number of benzene rings is 2. The molecule has 9 heteroatoms. The van der Waals surface area contributed by atoms with Crippen LogP contribution in [0.3, 0.4) is 0 Å². The number of piperazine rings is 1. The second-order valence-electron chi connectivity index (χ2n) is 12.0. The predicted molar refractivity (Wildman–Crippen MR) is 153 cm³/mol. The van der Waals surface area contributed by atoms with Crippen LogP contribution in [0.25, 0.3) is 33.1 Å². The van der Waals surface area contributed by atoms with Crippen LogP contribution in [0.5, 0.6) is 11.6 Å². The van der Waals surface area contributed by atoms with E-state index in [-0.39, 0.29) is 11.3 Å². The summed E-state index contributed by atoms with van der Waals surface area (Å²) in [5, 5.41) is 16.9. The van der Waals surface area contributed by atoms with Gasteiger partial charge in [-0.25, -0.2) is 14.4 Å². The monoisotopic (exact) mass is 540 g/mol. The third kappa shape index (κ3) is 4.06. The highest BCUT2D eigenvalue weighted by atomic mass is 19.1.